The maximum Gasteiger partial charge on any atom is 0.390 e. The third-order valence-electron chi connectivity index (χ3n) is 4.16. The van der Waals surface area contributed by atoms with Crippen LogP contribution in [0.3, 0.4) is 0 Å². The lowest BCUT2D eigenvalue weighted by Gasteiger charge is -2.09. The molecule has 0 fully saturated rings. The molecule has 162 valence electrons. The molecule has 0 atom stereocenters. The summed E-state index contributed by atoms with van der Waals surface area (Å²) in [6, 6.07) is 8.08. The van der Waals surface area contributed by atoms with Crippen LogP contribution >= 0.6 is 0 Å². The molecule has 31 heavy (non-hydrogen) atoms. The number of amides is 2. The van der Waals surface area contributed by atoms with Crippen molar-refractivity contribution in [3.8, 4) is 5.75 Å². The largest absolute Gasteiger partial charge is 0.496 e. The molecule has 13 heteroatoms. The molecule has 2 aromatic heterocycles. The summed E-state index contributed by atoms with van der Waals surface area (Å²) in [6.45, 7) is 1.94. The van der Waals surface area contributed by atoms with Gasteiger partial charge in [-0.1, -0.05) is 17.3 Å². The minimum Gasteiger partial charge on any atom is -0.496 e. The number of nitrogens with zero attached hydrogens (tertiary/aromatic N) is 5. The Morgan fingerprint density at radius 3 is 2.61 bits per heavy atom. The molecule has 0 unspecified atom stereocenters. The minimum atomic E-state index is -0.617. The third-order valence-corrected chi connectivity index (χ3v) is 4.16. The molecule has 0 spiro atoms. The number of nitro groups is 1. The van der Waals surface area contributed by atoms with E-state index in [9.17, 15) is 19.7 Å². The number of ether oxygens (including phenoxy) is 1. The molecule has 13 nitrogen and oxygen atoms in total. The molecule has 0 aliphatic rings. The lowest BCUT2D eigenvalue weighted by atomic mass is 10.2. The number of nitrogens with one attached hydrogen (secondary N) is 2. The smallest absolute Gasteiger partial charge is 0.390 e. The first-order chi connectivity index (χ1) is 14.9. The van der Waals surface area contributed by atoms with E-state index in [1.807, 2.05) is 0 Å². The van der Waals surface area contributed by atoms with Crippen molar-refractivity contribution in [1.82, 2.24) is 30.6 Å². The molecule has 1 aromatic carbocycles. The van der Waals surface area contributed by atoms with Crippen molar-refractivity contribution in [3.63, 3.8) is 0 Å². The standard InChI is InChI=1S/C18H19N7O6/c1-11-9-15(25(28)29)22-24(11)10-14-21-18(31-23-14)17(27)20-8-7-19-16(26)12-5-3-4-6-13(12)30-2/h3-6,9H,7-8,10H2,1-2H3,(H,19,26)(H,20,27). The molecule has 3 aromatic rings. The Morgan fingerprint density at radius 2 is 1.94 bits per heavy atom. The quantitative estimate of drug-likeness (QED) is 0.282. The second-order valence-corrected chi connectivity index (χ2v) is 6.29. The van der Waals surface area contributed by atoms with Crippen LogP contribution in [-0.4, -0.2) is 56.9 Å². The number of aryl methyl sites for hydroxylation is 1. The van der Waals surface area contributed by atoms with Crippen LogP contribution in [0.4, 0.5) is 5.82 Å². The number of methoxy groups -OCH3 is 1. The van der Waals surface area contributed by atoms with Gasteiger partial charge < -0.3 is 30.0 Å². The summed E-state index contributed by atoms with van der Waals surface area (Å²) < 4.78 is 11.4. The highest BCUT2D eigenvalue weighted by Gasteiger charge is 2.20. The van der Waals surface area contributed by atoms with E-state index in [1.165, 1.54) is 17.9 Å². The average molecular weight is 429 g/mol. The zero-order chi connectivity index (χ0) is 22.4. The first-order valence-corrected chi connectivity index (χ1v) is 9.10. The lowest BCUT2D eigenvalue weighted by Crippen LogP contribution is -2.35. The van der Waals surface area contributed by atoms with Crippen LogP contribution in [0.5, 0.6) is 5.75 Å². The molecular formula is C18H19N7O6. The van der Waals surface area contributed by atoms with E-state index >= 15 is 0 Å². The number of para-hydroxylation sites is 1. The zero-order valence-corrected chi connectivity index (χ0v) is 16.7. The van der Waals surface area contributed by atoms with Gasteiger partial charge in [-0.2, -0.15) is 9.67 Å². The molecule has 2 heterocycles. The van der Waals surface area contributed by atoms with Crippen molar-refractivity contribution in [3.05, 3.63) is 63.4 Å². The van der Waals surface area contributed by atoms with Crippen molar-refractivity contribution in [2.24, 2.45) is 0 Å². The second-order valence-electron chi connectivity index (χ2n) is 6.29. The van der Waals surface area contributed by atoms with Crippen molar-refractivity contribution < 1.29 is 23.8 Å². The summed E-state index contributed by atoms with van der Waals surface area (Å²) in [5.74, 6) is -0.945. The van der Waals surface area contributed by atoms with Gasteiger partial charge in [-0.25, -0.2) is 0 Å². The number of hydrogen-bond donors (Lipinski definition) is 2. The normalized spacial score (nSPS) is 10.5. The minimum absolute atomic E-state index is 0.00538. The van der Waals surface area contributed by atoms with Crippen molar-refractivity contribution in [2.75, 3.05) is 20.2 Å². The summed E-state index contributed by atoms with van der Waals surface area (Å²) in [6.07, 6.45) is 0. The Kier molecular flexibility index (Phi) is 6.54. The number of benzene rings is 1. The Balaban J connectivity index is 1.49. The molecule has 0 radical (unpaired) electrons. The molecule has 0 saturated heterocycles. The van der Waals surface area contributed by atoms with Gasteiger partial charge in [-0.05, 0) is 24.0 Å². The third kappa shape index (κ3) is 5.20. The van der Waals surface area contributed by atoms with Gasteiger partial charge >= 0.3 is 17.6 Å². The van der Waals surface area contributed by atoms with Crippen LogP contribution in [0.15, 0.2) is 34.9 Å². The fraction of sp³-hybridized carbons (Fsp3) is 0.278. The molecular weight excluding hydrogens is 410 g/mol. The van der Waals surface area contributed by atoms with Crippen LogP contribution in [0.1, 0.15) is 32.6 Å². The molecule has 0 aliphatic carbocycles. The lowest BCUT2D eigenvalue weighted by molar-refractivity contribution is -0.389. The van der Waals surface area contributed by atoms with Gasteiger partial charge in [-0.15, -0.1) is 0 Å². The summed E-state index contributed by atoms with van der Waals surface area (Å²) in [7, 11) is 1.47. The van der Waals surface area contributed by atoms with E-state index in [-0.39, 0.29) is 43.1 Å². The average Bonchev–Trinajstić information content (AvgIpc) is 3.38. The molecule has 0 bridgehead atoms. The molecule has 3 rings (SSSR count). The van der Waals surface area contributed by atoms with E-state index in [0.717, 1.165) is 0 Å². The summed E-state index contributed by atoms with van der Waals surface area (Å²) in [5, 5.41) is 23.5. The highest BCUT2D eigenvalue weighted by molar-refractivity contribution is 5.97. The van der Waals surface area contributed by atoms with Crippen molar-refractivity contribution >= 4 is 17.6 Å². The highest BCUT2D eigenvalue weighted by atomic mass is 16.6. The van der Waals surface area contributed by atoms with Crippen LogP contribution < -0.4 is 15.4 Å². The summed E-state index contributed by atoms with van der Waals surface area (Å²) in [5.41, 5.74) is 0.917. The zero-order valence-electron chi connectivity index (χ0n) is 16.7. The molecule has 0 aliphatic heterocycles. The Labute approximate surface area is 175 Å². The highest BCUT2D eigenvalue weighted by Crippen LogP contribution is 2.16. The van der Waals surface area contributed by atoms with Crippen molar-refractivity contribution in [1.29, 1.82) is 0 Å². The molecule has 0 saturated carbocycles. The fourth-order valence-electron chi connectivity index (χ4n) is 2.64. The molecule has 2 amide bonds. The number of carbonyl (C=O) groups excluding carboxylic acids is 2. The Morgan fingerprint density at radius 1 is 1.23 bits per heavy atom. The van der Waals surface area contributed by atoms with E-state index in [0.29, 0.717) is 17.0 Å². The van der Waals surface area contributed by atoms with Gasteiger partial charge in [0, 0.05) is 13.1 Å². The fourth-order valence-corrected chi connectivity index (χ4v) is 2.64. The first kappa shape index (κ1) is 21.4. The molecule has 2 N–H and O–H groups in total. The number of hydrogen-bond acceptors (Lipinski definition) is 9. The Hall–Kier alpha value is -4.29. The number of carbonyl (C=O) groups is 2. The first-order valence-electron chi connectivity index (χ1n) is 9.10. The van der Waals surface area contributed by atoms with Crippen LogP contribution in [-0.2, 0) is 6.54 Å². The van der Waals surface area contributed by atoms with Crippen LogP contribution in [0.2, 0.25) is 0 Å². The van der Waals surface area contributed by atoms with E-state index in [4.69, 9.17) is 9.26 Å². The SMILES string of the molecule is COc1ccccc1C(=O)NCCNC(=O)c1nc(Cn2nc([N+](=O)[O-])cc2C)no1. The van der Waals surface area contributed by atoms with Crippen LogP contribution in [0.25, 0.3) is 0 Å². The number of rotatable bonds is 9. The van der Waals surface area contributed by atoms with Gasteiger partial charge in [0.05, 0.1) is 29.5 Å². The van der Waals surface area contributed by atoms with E-state index < -0.39 is 10.8 Å². The van der Waals surface area contributed by atoms with Gasteiger partial charge in [0.25, 0.3) is 5.91 Å². The van der Waals surface area contributed by atoms with Gasteiger partial charge in [0.15, 0.2) is 5.82 Å². The van der Waals surface area contributed by atoms with E-state index in [2.05, 4.69) is 25.9 Å². The topological polar surface area (TPSA) is 167 Å². The van der Waals surface area contributed by atoms with Crippen LogP contribution in [0, 0.1) is 17.0 Å². The maximum atomic E-state index is 12.2. The second kappa shape index (κ2) is 9.47. The maximum absolute atomic E-state index is 12.2. The predicted molar refractivity (Wildman–Crippen MR) is 105 cm³/mol. The van der Waals surface area contributed by atoms with Gasteiger partial charge in [0.2, 0.25) is 0 Å². The van der Waals surface area contributed by atoms with Gasteiger partial charge in [-0.3, -0.25) is 9.59 Å². The number of aromatic nitrogens is 4. The van der Waals surface area contributed by atoms with E-state index in [1.54, 1.807) is 31.2 Å². The Bertz CT molecular complexity index is 1110. The van der Waals surface area contributed by atoms with Crippen molar-refractivity contribution in [2.45, 2.75) is 13.5 Å². The predicted octanol–water partition coefficient (Wildman–Crippen LogP) is 0.699. The monoisotopic (exact) mass is 429 g/mol. The summed E-state index contributed by atoms with van der Waals surface area (Å²) >= 11 is 0. The van der Waals surface area contributed by atoms with Gasteiger partial charge in [0.1, 0.15) is 12.3 Å². The summed E-state index contributed by atoms with van der Waals surface area (Å²) in [4.78, 5) is 38.5.